The van der Waals surface area contributed by atoms with Gasteiger partial charge in [0.2, 0.25) is 6.79 Å². The molecule has 0 bridgehead atoms. The Hall–Kier alpha value is -4.22. The number of aromatic hydroxyl groups is 1. The molecule has 1 amide bonds. The van der Waals surface area contributed by atoms with Gasteiger partial charge in [-0.25, -0.2) is 5.43 Å². The fourth-order valence-electron chi connectivity index (χ4n) is 2.25. The van der Waals surface area contributed by atoms with Gasteiger partial charge in [-0.05, 0) is 12.1 Å². The molecule has 0 saturated heterocycles. The van der Waals surface area contributed by atoms with Crippen molar-refractivity contribution in [1.29, 1.82) is 0 Å². The molecule has 1 aliphatic rings. The zero-order valence-corrected chi connectivity index (χ0v) is 13.3. The first-order chi connectivity index (χ1) is 12.9. The maximum atomic E-state index is 12.1. The number of non-ortho nitro benzene ring substituents is 1. The Morgan fingerprint density at radius 1 is 1.15 bits per heavy atom. The third kappa shape index (κ3) is 3.58. The Balaban J connectivity index is 1.82. The average molecular weight is 374 g/mol. The second kappa shape index (κ2) is 6.95. The van der Waals surface area contributed by atoms with Crippen LogP contribution in [0.1, 0.15) is 15.9 Å². The smallest absolute Gasteiger partial charge is 0.282 e. The third-order valence-electron chi connectivity index (χ3n) is 3.52. The van der Waals surface area contributed by atoms with Crippen LogP contribution >= 0.6 is 0 Å². The van der Waals surface area contributed by atoms with Crippen LogP contribution in [0.4, 0.5) is 11.4 Å². The maximum absolute atomic E-state index is 12.1. The molecule has 2 aromatic carbocycles. The molecule has 0 spiro atoms. The number of nitro groups is 2. The molecular weight excluding hydrogens is 364 g/mol. The van der Waals surface area contributed by atoms with Crippen LogP contribution in [-0.2, 0) is 0 Å². The number of carbonyl (C=O) groups is 1. The molecule has 12 heteroatoms. The number of phenols is 1. The van der Waals surface area contributed by atoms with Crippen LogP contribution < -0.4 is 14.9 Å². The first kappa shape index (κ1) is 17.6. The van der Waals surface area contributed by atoms with Gasteiger partial charge in [0.25, 0.3) is 17.3 Å². The Kier molecular flexibility index (Phi) is 4.53. The number of hydrazone groups is 1. The molecule has 12 nitrogen and oxygen atoms in total. The Labute approximate surface area is 149 Å². The van der Waals surface area contributed by atoms with Crippen molar-refractivity contribution >= 4 is 23.5 Å². The molecule has 3 rings (SSSR count). The lowest BCUT2D eigenvalue weighted by Crippen LogP contribution is -2.18. The van der Waals surface area contributed by atoms with Crippen LogP contribution in [0.25, 0.3) is 0 Å². The molecule has 0 aliphatic carbocycles. The Morgan fingerprint density at radius 2 is 1.85 bits per heavy atom. The number of nitro benzene ring substituents is 2. The van der Waals surface area contributed by atoms with E-state index in [1.165, 1.54) is 6.07 Å². The first-order valence-electron chi connectivity index (χ1n) is 7.25. The predicted octanol–water partition coefficient (Wildman–Crippen LogP) is 1.70. The summed E-state index contributed by atoms with van der Waals surface area (Å²) in [6.45, 7) is -0.0735. The third-order valence-corrected chi connectivity index (χ3v) is 3.52. The molecule has 2 aromatic rings. The lowest BCUT2D eigenvalue weighted by molar-refractivity contribution is -0.385. The lowest BCUT2D eigenvalue weighted by Gasteiger charge is -2.03. The molecular formula is C15H10N4O8. The summed E-state index contributed by atoms with van der Waals surface area (Å²) in [4.78, 5) is 32.6. The van der Waals surface area contributed by atoms with Crippen LogP contribution in [0.2, 0.25) is 0 Å². The normalized spacial score (nSPS) is 12.1. The van der Waals surface area contributed by atoms with E-state index >= 15 is 0 Å². The molecule has 1 aliphatic heterocycles. The van der Waals surface area contributed by atoms with Gasteiger partial charge in [-0.3, -0.25) is 25.0 Å². The van der Waals surface area contributed by atoms with Crippen LogP contribution in [0.3, 0.4) is 0 Å². The van der Waals surface area contributed by atoms with E-state index < -0.39 is 27.2 Å². The molecule has 0 saturated carbocycles. The van der Waals surface area contributed by atoms with Crippen molar-refractivity contribution in [2.75, 3.05) is 6.79 Å². The number of ether oxygens (including phenoxy) is 2. The van der Waals surface area contributed by atoms with E-state index in [0.717, 1.165) is 30.5 Å². The van der Waals surface area contributed by atoms with Gasteiger partial charge in [-0.1, -0.05) is 0 Å². The van der Waals surface area contributed by atoms with Crippen molar-refractivity contribution in [2.24, 2.45) is 5.10 Å². The van der Waals surface area contributed by atoms with Crippen molar-refractivity contribution in [3.8, 4) is 17.2 Å². The minimum atomic E-state index is -0.934. The summed E-state index contributed by atoms with van der Waals surface area (Å²) in [5, 5.41) is 35.2. The van der Waals surface area contributed by atoms with E-state index in [-0.39, 0.29) is 35.1 Å². The molecule has 27 heavy (non-hydrogen) atoms. The van der Waals surface area contributed by atoms with Crippen molar-refractivity contribution in [3.05, 3.63) is 61.7 Å². The molecule has 1 heterocycles. The van der Waals surface area contributed by atoms with E-state index in [9.17, 15) is 30.1 Å². The van der Waals surface area contributed by atoms with E-state index in [1.54, 1.807) is 0 Å². The van der Waals surface area contributed by atoms with Gasteiger partial charge in [0.05, 0.1) is 33.3 Å². The summed E-state index contributed by atoms with van der Waals surface area (Å²) in [6.07, 6.45) is 1.01. The molecule has 2 N–H and O–H groups in total. The summed E-state index contributed by atoms with van der Waals surface area (Å²) >= 11 is 0. The van der Waals surface area contributed by atoms with Gasteiger partial charge >= 0.3 is 0 Å². The summed E-state index contributed by atoms with van der Waals surface area (Å²) in [5.74, 6) is -0.924. The standard InChI is InChI=1S/C15H10N4O8/c20-12-2-1-9(18(22)23)4-10(12)15(21)17-16-6-8-3-13-14(27-7-26-13)5-11(8)19(24)25/h1-6,20H,7H2,(H,17,21)/b16-6-. The molecule has 138 valence electrons. The van der Waals surface area contributed by atoms with Gasteiger partial charge < -0.3 is 14.6 Å². The van der Waals surface area contributed by atoms with E-state index in [4.69, 9.17) is 9.47 Å². The molecule has 0 fully saturated rings. The second-order valence-electron chi connectivity index (χ2n) is 5.18. The summed E-state index contributed by atoms with van der Waals surface area (Å²) in [7, 11) is 0. The van der Waals surface area contributed by atoms with Crippen LogP contribution in [0.5, 0.6) is 17.2 Å². The van der Waals surface area contributed by atoms with Crippen molar-refractivity contribution in [3.63, 3.8) is 0 Å². The largest absolute Gasteiger partial charge is 0.507 e. The monoisotopic (exact) mass is 374 g/mol. The minimum absolute atomic E-state index is 0.0350. The van der Waals surface area contributed by atoms with Crippen LogP contribution in [0.15, 0.2) is 35.4 Å². The van der Waals surface area contributed by atoms with Crippen LogP contribution in [-0.4, -0.2) is 33.9 Å². The fourth-order valence-corrected chi connectivity index (χ4v) is 2.25. The number of nitrogens with zero attached hydrogens (tertiary/aromatic N) is 3. The summed E-state index contributed by atoms with van der Waals surface area (Å²) in [6, 6.07) is 5.40. The van der Waals surface area contributed by atoms with Gasteiger partial charge in [-0.15, -0.1) is 0 Å². The highest BCUT2D eigenvalue weighted by Gasteiger charge is 2.22. The summed E-state index contributed by atoms with van der Waals surface area (Å²) < 4.78 is 10.2. The van der Waals surface area contributed by atoms with E-state index in [1.807, 2.05) is 5.43 Å². The lowest BCUT2D eigenvalue weighted by atomic mass is 10.1. The molecule has 0 radical (unpaired) electrons. The molecule has 0 aromatic heterocycles. The van der Waals surface area contributed by atoms with Gasteiger partial charge in [0, 0.05) is 12.1 Å². The highest BCUT2D eigenvalue weighted by molar-refractivity contribution is 5.98. The predicted molar refractivity (Wildman–Crippen MR) is 89.0 cm³/mol. The number of benzene rings is 2. The van der Waals surface area contributed by atoms with Gasteiger partial charge in [0.15, 0.2) is 11.5 Å². The average Bonchev–Trinajstić information content (AvgIpc) is 3.08. The first-order valence-corrected chi connectivity index (χ1v) is 7.25. The highest BCUT2D eigenvalue weighted by atomic mass is 16.7. The number of carbonyl (C=O) groups excluding carboxylic acids is 1. The van der Waals surface area contributed by atoms with Crippen molar-refractivity contribution in [2.45, 2.75) is 0 Å². The fraction of sp³-hybridized carbons (Fsp3) is 0.0667. The van der Waals surface area contributed by atoms with Gasteiger partial charge in [0.1, 0.15) is 5.75 Å². The van der Waals surface area contributed by atoms with E-state index in [0.29, 0.717) is 0 Å². The van der Waals surface area contributed by atoms with Crippen LogP contribution in [0, 0.1) is 20.2 Å². The number of fused-ring (bicyclic) bond motifs is 1. The molecule has 0 unspecified atom stereocenters. The maximum Gasteiger partial charge on any atom is 0.282 e. The zero-order valence-electron chi connectivity index (χ0n) is 13.3. The number of hydrogen-bond donors (Lipinski definition) is 2. The SMILES string of the molecule is O=C(N/N=C\c1cc2c(cc1[N+](=O)[O-])OCO2)c1cc([N+](=O)[O-])ccc1O. The molecule has 0 atom stereocenters. The van der Waals surface area contributed by atoms with Crippen molar-refractivity contribution in [1.82, 2.24) is 5.43 Å². The Morgan fingerprint density at radius 3 is 2.52 bits per heavy atom. The number of hydrogen-bond acceptors (Lipinski definition) is 9. The second-order valence-corrected chi connectivity index (χ2v) is 5.18. The Bertz CT molecular complexity index is 988. The number of amides is 1. The summed E-state index contributed by atoms with van der Waals surface area (Å²) in [5.41, 5.74) is 0.984. The van der Waals surface area contributed by atoms with Gasteiger partial charge in [-0.2, -0.15) is 5.10 Å². The zero-order chi connectivity index (χ0) is 19.6. The minimum Gasteiger partial charge on any atom is -0.507 e. The number of nitrogens with one attached hydrogen (secondary N) is 1. The number of phenolic OH excluding ortho intramolecular Hbond substituents is 1. The number of rotatable bonds is 5. The van der Waals surface area contributed by atoms with E-state index in [2.05, 4.69) is 5.10 Å². The topological polar surface area (TPSA) is 166 Å². The highest BCUT2D eigenvalue weighted by Crippen LogP contribution is 2.37. The van der Waals surface area contributed by atoms with Crippen molar-refractivity contribution < 1.29 is 29.2 Å². The quantitative estimate of drug-likeness (QED) is 0.453.